The van der Waals surface area contributed by atoms with Crippen molar-refractivity contribution in [2.24, 2.45) is 0 Å². The predicted molar refractivity (Wildman–Crippen MR) is 79.7 cm³/mol. The molecule has 0 aliphatic heterocycles. The first-order valence-electron chi connectivity index (χ1n) is 6.68. The topological polar surface area (TPSA) is 111 Å². The highest BCUT2D eigenvalue weighted by molar-refractivity contribution is 5.41. The van der Waals surface area contributed by atoms with Crippen molar-refractivity contribution >= 4 is 5.69 Å². The SMILES string of the molecule is N#C[C@@H](c1ccc([N+](=O)[O-])cc1)c1nnnn1-c1ccccc1. The van der Waals surface area contributed by atoms with Gasteiger partial charge in [-0.2, -0.15) is 9.94 Å². The Hall–Kier alpha value is -3.60. The molecule has 0 amide bonds. The lowest BCUT2D eigenvalue weighted by atomic mass is 9.99. The third-order valence-corrected chi connectivity index (χ3v) is 3.32. The van der Waals surface area contributed by atoms with E-state index >= 15 is 0 Å². The summed E-state index contributed by atoms with van der Waals surface area (Å²) in [6, 6.07) is 17.1. The fourth-order valence-corrected chi connectivity index (χ4v) is 2.20. The van der Waals surface area contributed by atoms with Crippen LogP contribution in [0.5, 0.6) is 0 Å². The van der Waals surface area contributed by atoms with Gasteiger partial charge in [0.05, 0.1) is 16.7 Å². The summed E-state index contributed by atoms with van der Waals surface area (Å²) in [5, 5.41) is 31.7. The van der Waals surface area contributed by atoms with E-state index in [1.165, 1.54) is 28.9 Å². The van der Waals surface area contributed by atoms with Crippen LogP contribution in [-0.4, -0.2) is 25.1 Å². The van der Waals surface area contributed by atoms with Crippen molar-refractivity contribution in [3.8, 4) is 11.8 Å². The van der Waals surface area contributed by atoms with Crippen LogP contribution < -0.4 is 0 Å². The van der Waals surface area contributed by atoms with E-state index in [4.69, 9.17) is 0 Å². The zero-order valence-corrected chi connectivity index (χ0v) is 11.8. The lowest BCUT2D eigenvalue weighted by Gasteiger charge is -2.09. The molecule has 0 unspecified atom stereocenters. The van der Waals surface area contributed by atoms with Gasteiger partial charge in [-0.15, -0.1) is 5.10 Å². The smallest absolute Gasteiger partial charge is 0.258 e. The minimum atomic E-state index is -0.731. The summed E-state index contributed by atoms with van der Waals surface area (Å²) in [5.41, 5.74) is 1.29. The fraction of sp³-hybridized carbons (Fsp3) is 0.0667. The zero-order chi connectivity index (χ0) is 16.2. The molecule has 112 valence electrons. The quantitative estimate of drug-likeness (QED) is 0.540. The monoisotopic (exact) mass is 306 g/mol. The number of nitro benzene ring substituents is 1. The maximum Gasteiger partial charge on any atom is 0.269 e. The van der Waals surface area contributed by atoms with E-state index < -0.39 is 10.8 Å². The minimum absolute atomic E-state index is 0.0342. The maximum atomic E-state index is 10.7. The van der Waals surface area contributed by atoms with E-state index in [0.29, 0.717) is 11.4 Å². The molecule has 8 heteroatoms. The van der Waals surface area contributed by atoms with Gasteiger partial charge in [-0.05, 0) is 28.1 Å². The Morgan fingerprint density at radius 3 is 2.43 bits per heavy atom. The van der Waals surface area contributed by atoms with Crippen LogP contribution in [0.25, 0.3) is 5.69 Å². The highest BCUT2D eigenvalue weighted by Gasteiger charge is 2.22. The van der Waals surface area contributed by atoms with Crippen LogP contribution in [0.2, 0.25) is 0 Å². The molecule has 3 aromatic rings. The average molecular weight is 306 g/mol. The number of non-ortho nitro benzene ring substituents is 1. The summed E-state index contributed by atoms with van der Waals surface area (Å²) in [6.07, 6.45) is 0. The van der Waals surface area contributed by atoms with Gasteiger partial charge >= 0.3 is 0 Å². The normalized spacial score (nSPS) is 11.6. The largest absolute Gasteiger partial charge is 0.269 e. The van der Waals surface area contributed by atoms with Crippen LogP contribution in [0.1, 0.15) is 17.3 Å². The summed E-state index contributed by atoms with van der Waals surface area (Å²) in [5.74, 6) is -0.376. The van der Waals surface area contributed by atoms with Crippen LogP contribution in [0.4, 0.5) is 5.69 Å². The molecule has 0 aliphatic carbocycles. The molecule has 0 radical (unpaired) electrons. The first-order valence-corrected chi connectivity index (χ1v) is 6.68. The maximum absolute atomic E-state index is 10.7. The fourth-order valence-electron chi connectivity index (χ4n) is 2.20. The number of para-hydroxylation sites is 1. The second kappa shape index (κ2) is 6.03. The van der Waals surface area contributed by atoms with Gasteiger partial charge in [0.1, 0.15) is 5.92 Å². The number of hydrogen-bond donors (Lipinski definition) is 0. The molecule has 0 saturated heterocycles. The average Bonchev–Trinajstić information content (AvgIpc) is 3.06. The molecule has 8 nitrogen and oxygen atoms in total. The minimum Gasteiger partial charge on any atom is -0.258 e. The summed E-state index contributed by atoms with van der Waals surface area (Å²) < 4.78 is 1.48. The van der Waals surface area contributed by atoms with Gasteiger partial charge in [-0.1, -0.05) is 30.3 Å². The second-order valence-corrected chi connectivity index (χ2v) is 4.70. The Labute approximate surface area is 130 Å². The van der Waals surface area contributed by atoms with Crippen molar-refractivity contribution in [2.75, 3.05) is 0 Å². The molecule has 0 spiro atoms. The highest BCUT2D eigenvalue weighted by Crippen LogP contribution is 2.25. The number of nitrogens with zero attached hydrogens (tertiary/aromatic N) is 6. The highest BCUT2D eigenvalue weighted by atomic mass is 16.6. The third-order valence-electron chi connectivity index (χ3n) is 3.32. The summed E-state index contributed by atoms with van der Waals surface area (Å²) in [4.78, 5) is 10.2. The van der Waals surface area contributed by atoms with E-state index in [2.05, 4.69) is 21.6 Å². The van der Waals surface area contributed by atoms with Gasteiger partial charge < -0.3 is 0 Å². The number of nitro groups is 1. The Balaban J connectivity index is 2.01. The molecule has 0 fully saturated rings. The zero-order valence-electron chi connectivity index (χ0n) is 11.8. The summed E-state index contributed by atoms with van der Waals surface area (Å²) in [6.45, 7) is 0. The lowest BCUT2D eigenvalue weighted by Crippen LogP contribution is -2.09. The van der Waals surface area contributed by atoms with Gasteiger partial charge in [0.2, 0.25) is 0 Å². The number of benzene rings is 2. The Morgan fingerprint density at radius 1 is 1.13 bits per heavy atom. The molecular weight excluding hydrogens is 296 g/mol. The van der Waals surface area contributed by atoms with Gasteiger partial charge in [0.25, 0.3) is 5.69 Å². The predicted octanol–water partition coefficient (Wildman–Crippen LogP) is 2.23. The van der Waals surface area contributed by atoms with Crippen molar-refractivity contribution in [3.05, 3.63) is 76.1 Å². The molecule has 0 bridgehead atoms. The van der Waals surface area contributed by atoms with Gasteiger partial charge in [0.15, 0.2) is 5.82 Å². The van der Waals surface area contributed by atoms with E-state index in [0.717, 1.165) is 5.69 Å². The number of nitriles is 1. The van der Waals surface area contributed by atoms with Crippen molar-refractivity contribution in [2.45, 2.75) is 5.92 Å². The van der Waals surface area contributed by atoms with Crippen molar-refractivity contribution < 1.29 is 4.92 Å². The molecule has 1 aromatic heterocycles. The van der Waals surface area contributed by atoms with E-state index in [1.54, 1.807) is 0 Å². The van der Waals surface area contributed by atoms with Gasteiger partial charge in [-0.3, -0.25) is 10.1 Å². The molecule has 0 aliphatic rings. The van der Waals surface area contributed by atoms with Crippen molar-refractivity contribution in [1.29, 1.82) is 5.26 Å². The summed E-state index contributed by atoms with van der Waals surface area (Å²) in [7, 11) is 0. The summed E-state index contributed by atoms with van der Waals surface area (Å²) >= 11 is 0. The van der Waals surface area contributed by atoms with Crippen LogP contribution in [-0.2, 0) is 0 Å². The molecule has 2 aromatic carbocycles. The number of hydrogen-bond acceptors (Lipinski definition) is 6. The molecule has 0 N–H and O–H groups in total. The van der Waals surface area contributed by atoms with Crippen LogP contribution in [0.15, 0.2) is 54.6 Å². The van der Waals surface area contributed by atoms with E-state index in [1.807, 2.05) is 30.3 Å². The lowest BCUT2D eigenvalue weighted by molar-refractivity contribution is -0.384. The van der Waals surface area contributed by atoms with Gasteiger partial charge in [-0.25, -0.2) is 0 Å². The Bertz CT molecular complexity index is 867. The Kier molecular flexibility index (Phi) is 3.76. The molecule has 1 heterocycles. The molecule has 0 saturated carbocycles. The van der Waals surface area contributed by atoms with Crippen molar-refractivity contribution in [3.63, 3.8) is 0 Å². The van der Waals surface area contributed by atoms with E-state index in [9.17, 15) is 15.4 Å². The van der Waals surface area contributed by atoms with Crippen LogP contribution in [0.3, 0.4) is 0 Å². The molecule has 23 heavy (non-hydrogen) atoms. The second-order valence-electron chi connectivity index (χ2n) is 4.70. The number of tetrazole rings is 1. The number of aromatic nitrogens is 4. The molecule has 1 atom stereocenters. The number of rotatable bonds is 4. The first kappa shape index (κ1) is 14.3. The molecular formula is C15H10N6O2. The van der Waals surface area contributed by atoms with Gasteiger partial charge in [0, 0.05) is 12.1 Å². The Morgan fingerprint density at radius 2 is 1.83 bits per heavy atom. The molecule has 3 rings (SSSR count). The van der Waals surface area contributed by atoms with Crippen molar-refractivity contribution in [1.82, 2.24) is 20.2 Å². The third kappa shape index (κ3) is 2.75. The van der Waals surface area contributed by atoms with Crippen LogP contribution >= 0.6 is 0 Å². The first-order chi connectivity index (χ1) is 11.2. The standard InChI is InChI=1S/C15H10N6O2/c16-10-14(11-6-8-13(9-7-11)21(22)23)15-17-18-19-20(15)12-4-2-1-3-5-12/h1-9,14H/t14-/m0/s1. The van der Waals surface area contributed by atoms with E-state index in [-0.39, 0.29) is 5.69 Å². The van der Waals surface area contributed by atoms with Crippen LogP contribution in [0, 0.1) is 21.4 Å².